The lowest BCUT2D eigenvalue weighted by Gasteiger charge is -2.10. The molecule has 2 aromatic heterocycles. The predicted molar refractivity (Wildman–Crippen MR) is 103 cm³/mol. The average molecular weight is 380 g/mol. The van der Waals surface area contributed by atoms with Gasteiger partial charge < -0.3 is 14.5 Å². The summed E-state index contributed by atoms with van der Waals surface area (Å²) in [5.74, 6) is 0.545. The van der Waals surface area contributed by atoms with E-state index < -0.39 is 0 Å². The van der Waals surface area contributed by atoms with Crippen LogP contribution in [0.25, 0.3) is 22.7 Å². The van der Waals surface area contributed by atoms with Crippen LogP contribution in [0.4, 0.5) is 5.69 Å². The molecule has 0 unspecified atom stereocenters. The summed E-state index contributed by atoms with van der Waals surface area (Å²) in [5, 5.41) is 3.29. The zero-order chi connectivity index (χ0) is 18.8. The van der Waals surface area contributed by atoms with Crippen molar-refractivity contribution in [3.05, 3.63) is 71.4 Å². The third-order valence-corrected chi connectivity index (χ3v) is 4.17. The third kappa shape index (κ3) is 3.47. The van der Waals surface area contributed by atoms with Crippen molar-refractivity contribution in [2.24, 2.45) is 0 Å². The van der Waals surface area contributed by atoms with E-state index in [0.29, 0.717) is 39.1 Å². The number of carbonyl (C=O) groups is 1. The van der Waals surface area contributed by atoms with Gasteiger partial charge in [-0.2, -0.15) is 4.98 Å². The number of nitrogens with one attached hydrogen (secondary N) is 1. The monoisotopic (exact) mass is 379 g/mol. The number of hydrogen-bond acceptors (Lipinski definition) is 5. The SMILES string of the molecule is COc1ccc(Cl)cc1C(=O)Nc1cccc(-c2nc3ncccc3o2)c1. The number of carbonyl (C=O) groups excluding carboxylic acids is 1. The van der Waals surface area contributed by atoms with E-state index in [-0.39, 0.29) is 5.91 Å². The van der Waals surface area contributed by atoms with Crippen LogP contribution in [-0.4, -0.2) is 23.0 Å². The predicted octanol–water partition coefficient (Wildman–Crippen LogP) is 4.80. The highest BCUT2D eigenvalue weighted by Gasteiger charge is 2.14. The Hall–Kier alpha value is -3.38. The number of pyridine rings is 1. The molecule has 0 aliphatic heterocycles. The van der Waals surface area contributed by atoms with Crippen molar-refractivity contribution in [2.75, 3.05) is 12.4 Å². The number of amides is 1. The van der Waals surface area contributed by atoms with Crippen molar-refractivity contribution in [3.8, 4) is 17.2 Å². The second kappa shape index (κ2) is 7.09. The molecule has 4 aromatic rings. The van der Waals surface area contributed by atoms with Crippen molar-refractivity contribution < 1.29 is 13.9 Å². The average Bonchev–Trinajstić information content (AvgIpc) is 3.12. The molecule has 0 spiro atoms. The molecule has 0 atom stereocenters. The lowest BCUT2D eigenvalue weighted by Crippen LogP contribution is -2.13. The number of benzene rings is 2. The summed E-state index contributed by atoms with van der Waals surface area (Å²) >= 11 is 6.00. The minimum absolute atomic E-state index is 0.328. The van der Waals surface area contributed by atoms with Gasteiger partial charge in [-0.25, -0.2) is 4.98 Å². The van der Waals surface area contributed by atoms with Crippen LogP contribution < -0.4 is 10.1 Å². The summed E-state index contributed by atoms with van der Waals surface area (Å²) in [6.07, 6.45) is 1.66. The molecule has 7 heteroatoms. The van der Waals surface area contributed by atoms with E-state index in [1.165, 1.54) is 7.11 Å². The maximum absolute atomic E-state index is 12.6. The number of methoxy groups -OCH3 is 1. The number of oxazole rings is 1. The van der Waals surface area contributed by atoms with E-state index in [1.807, 2.05) is 12.1 Å². The van der Waals surface area contributed by atoms with Crippen LogP contribution in [0.2, 0.25) is 5.02 Å². The van der Waals surface area contributed by atoms with Crippen molar-refractivity contribution in [3.63, 3.8) is 0 Å². The highest BCUT2D eigenvalue weighted by molar-refractivity contribution is 6.31. The van der Waals surface area contributed by atoms with Crippen LogP contribution in [0.3, 0.4) is 0 Å². The van der Waals surface area contributed by atoms with Gasteiger partial charge in [-0.05, 0) is 48.5 Å². The van der Waals surface area contributed by atoms with E-state index in [4.69, 9.17) is 20.8 Å². The molecule has 4 rings (SSSR count). The maximum atomic E-state index is 12.6. The second-order valence-electron chi connectivity index (χ2n) is 5.72. The van der Waals surface area contributed by atoms with Crippen molar-refractivity contribution >= 4 is 34.4 Å². The summed E-state index contributed by atoms with van der Waals surface area (Å²) in [5.41, 5.74) is 2.80. The highest BCUT2D eigenvalue weighted by atomic mass is 35.5. The summed E-state index contributed by atoms with van der Waals surface area (Å²) in [6, 6.07) is 15.7. The number of fused-ring (bicyclic) bond motifs is 1. The van der Waals surface area contributed by atoms with E-state index in [1.54, 1.807) is 48.7 Å². The molecule has 0 radical (unpaired) electrons. The molecule has 2 heterocycles. The molecule has 0 saturated heterocycles. The molecule has 134 valence electrons. The van der Waals surface area contributed by atoms with Crippen LogP contribution in [0.1, 0.15) is 10.4 Å². The van der Waals surface area contributed by atoms with Gasteiger partial charge in [0.2, 0.25) is 5.89 Å². The number of hydrogen-bond donors (Lipinski definition) is 1. The summed E-state index contributed by atoms with van der Waals surface area (Å²) in [7, 11) is 1.50. The lowest BCUT2D eigenvalue weighted by molar-refractivity contribution is 0.102. The molecular formula is C20H14ClN3O3. The Kier molecular flexibility index (Phi) is 4.48. The quantitative estimate of drug-likeness (QED) is 0.551. The van der Waals surface area contributed by atoms with E-state index in [9.17, 15) is 4.79 Å². The van der Waals surface area contributed by atoms with Gasteiger partial charge in [-0.15, -0.1) is 0 Å². The molecule has 2 aromatic carbocycles. The van der Waals surface area contributed by atoms with Gasteiger partial charge in [0.15, 0.2) is 11.2 Å². The Balaban J connectivity index is 1.63. The van der Waals surface area contributed by atoms with Crippen LogP contribution in [-0.2, 0) is 0 Å². The zero-order valence-corrected chi connectivity index (χ0v) is 15.0. The number of aromatic nitrogens is 2. The first-order valence-corrected chi connectivity index (χ1v) is 8.49. The molecule has 1 amide bonds. The zero-order valence-electron chi connectivity index (χ0n) is 14.3. The van der Waals surface area contributed by atoms with Crippen molar-refractivity contribution in [1.82, 2.24) is 9.97 Å². The first-order valence-electron chi connectivity index (χ1n) is 8.11. The topological polar surface area (TPSA) is 77.2 Å². The Morgan fingerprint density at radius 2 is 2.04 bits per heavy atom. The van der Waals surface area contributed by atoms with Crippen molar-refractivity contribution in [1.29, 1.82) is 0 Å². The number of ether oxygens (including phenoxy) is 1. The number of anilines is 1. The number of nitrogens with zero attached hydrogens (tertiary/aromatic N) is 2. The molecule has 1 N–H and O–H groups in total. The Labute approximate surface area is 159 Å². The van der Waals surface area contributed by atoms with Gasteiger partial charge in [-0.1, -0.05) is 17.7 Å². The summed E-state index contributed by atoms with van der Waals surface area (Å²) in [6.45, 7) is 0. The number of rotatable bonds is 4. The molecule has 0 aliphatic rings. The Morgan fingerprint density at radius 1 is 1.15 bits per heavy atom. The van der Waals surface area contributed by atoms with Gasteiger partial charge >= 0.3 is 0 Å². The Morgan fingerprint density at radius 3 is 2.85 bits per heavy atom. The molecule has 6 nitrogen and oxygen atoms in total. The maximum Gasteiger partial charge on any atom is 0.259 e. The molecule has 0 aliphatic carbocycles. The third-order valence-electron chi connectivity index (χ3n) is 3.94. The highest BCUT2D eigenvalue weighted by Crippen LogP contribution is 2.27. The fourth-order valence-electron chi connectivity index (χ4n) is 2.68. The van der Waals surface area contributed by atoms with Crippen LogP contribution in [0.5, 0.6) is 5.75 Å². The van der Waals surface area contributed by atoms with Crippen LogP contribution in [0, 0.1) is 0 Å². The molecule has 0 saturated carbocycles. The van der Waals surface area contributed by atoms with Crippen molar-refractivity contribution in [2.45, 2.75) is 0 Å². The molecule has 0 fully saturated rings. The smallest absolute Gasteiger partial charge is 0.259 e. The van der Waals surface area contributed by atoms with Gasteiger partial charge in [0.1, 0.15) is 5.75 Å². The molecule has 0 bridgehead atoms. The first kappa shape index (κ1) is 17.1. The largest absolute Gasteiger partial charge is 0.496 e. The summed E-state index contributed by atoms with van der Waals surface area (Å²) < 4.78 is 11.0. The minimum atomic E-state index is -0.328. The van der Waals surface area contributed by atoms with Gasteiger partial charge in [0.05, 0.1) is 12.7 Å². The summed E-state index contributed by atoms with van der Waals surface area (Å²) in [4.78, 5) is 21.2. The fourth-order valence-corrected chi connectivity index (χ4v) is 2.85. The second-order valence-corrected chi connectivity index (χ2v) is 6.16. The van der Waals surface area contributed by atoms with E-state index in [2.05, 4.69) is 15.3 Å². The van der Waals surface area contributed by atoms with E-state index >= 15 is 0 Å². The van der Waals surface area contributed by atoms with Crippen LogP contribution >= 0.6 is 11.6 Å². The number of halogens is 1. The minimum Gasteiger partial charge on any atom is -0.496 e. The molecular weight excluding hydrogens is 366 g/mol. The fraction of sp³-hybridized carbons (Fsp3) is 0.0500. The normalized spacial score (nSPS) is 10.7. The van der Waals surface area contributed by atoms with Crippen LogP contribution in [0.15, 0.2) is 65.2 Å². The van der Waals surface area contributed by atoms with Gasteiger partial charge in [0, 0.05) is 22.5 Å². The van der Waals surface area contributed by atoms with E-state index in [0.717, 1.165) is 5.56 Å². The Bertz CT molecular complexity index is 1110. The lowest BCUT2D eigenvalue weighted by atomic mass is 10.1. The molecule has 27 heavy (non-hydrogen) atoms. The van der Waals surface area contributed by atoms with Gasteiger partial charge in [0.25, 0.3) is 5.91 Å². The standard InChI is InChI=1S/C20H14ClN3O3/c1-26-16-8-7-13(21)11-15(16)19(25)23-14-5-2-4-12(10-14)20-24-18-17(27-20)6-3-9-22-18/h2-11H,1H3,(H,23,25). The van der Waals surface area contributed by atoms with Gasteiger partial charge in [-0.3, -0.25) is 4.79 Å². The first-order chi connectivity index (χ1) is 13.1.